The minimum atomic E-state index is -1.34. The summed E-state index contributed by atoms with van der Waals surface area (Å²) in [6.07, 6.45) is 5.10. The number of benzene rings is 4. The fourth-order valence-corrected chi connectivity index (χ4v) is 6.65. The number of hydrogen-bond acceptors (Lipinski definition) is 9. The molecule has 0 bridgehead atoms. The highest BCUT2D eigenvalue weighted by Gasteiger charge is 2.32. The maximum atomic E-state index is 13.7. The Balaban J connectivity index is 1.42. The Morgan fingerprint density at radius 1 is 0.780 bits per heavy atom. The lowest BCUT2D eigenvalue weighted by Crippen LogP contribution is -2.10. The van der Waals surface area contributed by atoms with E-state index < -0.39 is 57.2 Å². The number of fused-ring (bicyclic) bond motifs is 3. The Kier molecular flexibility index (Phi) is 8.45. The average molecular weight is 673 g/mol. The number of aliphatic hydroxyl groups excluding tert-OH is 3. The molecule has 9 nitrogen and oxygen atoms in total. The van der Waals surface area contributed by atoms with Gasteiger partial charge in [-0.15, -0.1) is 0 Å². The van der Waals surface area contributed by atoms with Crippen LogP contribution in [0.4, 0.5) is 0 Å². The van der Waals surface area contributed by atoms with E-state index in [1.165, 1.54) is 13.0 Å². The third kappa shape index (κ3) is 5.33. The van der Waals surface area contributed by atoms with Crippen LogP contribution in [0.15, 0.2) is 112 Å². The number of allylic oxidation sites excluding steroid dienone is 6. The van der Waals surface area contributed by atoms with Gasteiger partial charge in [0, 0.05) is 27.5 Å². The third-order valence-corrected chi connectivity index (χ3v) is 9.38. The lowest BCUT2D eigenvalue weighted by atomic mass is 9.84. The molecule has 6 rings (SSSR count). The second-order valence-electron chi connectivity index (χ2n) is 12.6. The Bertz CT molecular complexity index is 2370. The predicted octanol–water partition coefficient (Wildman–Crippen LogP) is 9.91. The maximum Gasteiger partial charge on any atom is 0.286 e. The summed E-state index contributed by atoms with van der Waals surface area (Å²) in [6, 6.07) is 17.5. The van der Waals surface area contributed by atoms with Crippen LogP contribution in [0.5, 0.6) is 17.2 Å². The number of Topliss-reactive ketones (excluding diaryl/α,β-unsaturated/α-hetero) is 1. The second kappa shape index (κ2) is 12.6. The molecule has 254 valence electrons. The molecule has 1 aromatic heterocycles. The molecule has 9 heteroatoms. The number of carbonyl (C=O) groups excluding carboxylic acids is 1. The fraction of sp³-hybridized carbons (Fsp3) is 0.146. The molecule has 0 spiro atoms. The Morgan fingerprint density at radius 3 is 2.16 bits per heavy atom. The average Bonchev–Trinajstić information content (AvgIpc) is 3.48. The minimum Gasteiger partial charge on any atom is -0.507 e. The molecule has 1 aliphatic carbocycles. The monoisotopic (exact) mass is 672 g/mol. The Labute approximate surface area is 287 Å². The number of para-hydroxylation sites is 2. The first-order valence-electron chi connectivity index (χ1n) is 15.9. The van der Waals surface area contributed by atoms with Crippen LogP contribution in [0.1, 0.15) is 52.9 Å². The number of phenolic OH excluding ortho intramolecular Hbond substituents is 3. The topological polar surface area (TPSA) is 172 Å². The fourth-order valence-electron chi connectivity index (χ4n) is 6.65. The number of aromatic hydroxyl groups is 3. The van der Waals surface area contributed by atoms with E-state index in [9.17, 15) is 40.5 Å². The number of phenols is 3. The van der Waals surface area contributed by atoms with Gasteiger partial charge in [-0.3, -0.25) is 4.79 Å². The highest BCUT2D eigenvalue weighted by atomic mass is 16.5. The van der Waals surface area contributed by atoms with E-state index in [4.69, 9.17) is 4.42 Å². The molecule has 1 heterocycles. The summed E-state index contributed by atoms with van der Waals surface area (Å²) in [6.45, 7) is 10.8. The van der Waals surface area contributed by atoms with Crippen LogP contribution in [0.2, 0.25) is 0 Å². The first-order valence-corrected chi connectivity index (χ1v) is 15.9. The highest BCUT2D eigenvalue weighted by Crippen LogP contribution is 2.50. The van der Waals surface area contributed by atoms with Crippen molar-refractivity contribution in [3.8, 4) is 28.4 Å². The van der Waals surface area contributed by atoms with Crippen LogP contribution in [0.25, 0.3) is 44.2 Å². The van der Waals surface area contributed by atoms with Crippen molar-refractivity contribution in [3.63, 3.8) is 0 Å². The molecule has 0 radical (unpaired) electrons. The molecule has 0 amide bonds. The molecule has 0 saturated carbocycles. The first kappa shape index (κ1) is 33.5. The van der Waals surface area contributed by atoms with Crippen molar-refractivity contribution in [2.75, 3.05) is 0 Å². The number of carbonyl (C=O) groups is 1. The molecule has 1 unspecified atom stereocenters. The van der Waals surface area contributed by atoms with E-state index in [0.29, 0.717) is 22.3 Å². The Hall–Kier alpha value is -6.35. The summed E-state index contributed by atoms with van der Waals surface area (Å²) < 4.78 is 6.07. The predicted molar refractivity (Wildman–Crippen MR) is 194 cm³/mol. The summed E-state index contributed by atoms with van der Waals surface area (Å²) in [5.41, 5.74) is 2.58. The summed E-state index contributed by atoms with van der Waals surface area (Å²) in [7, 11) is 0. The number of rotatable bonds is 7. The smallest absolute Gasteiger partial charge is 0.286 e. The highest BCUT2D eigenvalue weighted by molar-refractivity contribution is 6.17. The molecule has 1 aliphatic rings. The van der Waals surface area contributed by atoms with Crippen molar-refractivity contribution >= 4 is 38.9 Å². The van der Waals surface area contributed by atoms with E-state index in [0.717, 1.165) is 33.9 Å². The summed E-state index contributed by atoms with van der Waals surface area (Å²) >= 11 is 0. The zero-order chi connectivity index (χ0) is 36.2. The molecular weight excluding hydrogens is 636 g/mol. The van der Waals surface area contributed by atoms with Crippen LogP contribution in [-0.4, -0.2) is 41.5 Å². The maximum absolute atomic E-state index is 13.7. The van der Waals surface area contributed by atoms with Gasteiger partial charge in [0.1, 0.15) is 28.1 Å². The quantitative estimate of drug-likeness (QED) is 0.0222. The molecule has 50 heavy (non-hydrogen) atoms. The normalized spacial score (nSPS) is 15.0. The van der Waals surface area contributed by atoms with Crippen molar-refractivity contribution in [3.05, 3.63) is 136 Å². The molecule has 7 N–H and O–H groups in total. The number of furan rings is 1. The zero-order valence-corrected chi connectivity index (χ0v) is 27.9. The van der Waals surface area contributed by atoms with E-state index in [1.807, 2.05) is 37.3 Å². The van der Waals surface area contributed by atoms with Gasteiger partial charge in [-0.2, -0.15) is 0 Å². The van der Waals surface area contributed by atoms with E-state index in [2.05, 4.69) is 25.7 Å². The van der Waals surface area contributed by atoms with Gasteiger partial charge in [-0.1, -0.05) is 80.3 Å². The summed E-state index contributed by atoms with van der Waals surface area (Å²) in [4.78, 5) is 13.7. The van der Waals surface area contributed by atoms with Gasteiger partial charge in [0.25, 0.3) is 5.95 Å². The van der Waals surface area contributed by atoms with Gasteiger partial charge < -0.3 is 40.2 Å². The van der Waals surface area contributed by atoms with Gasteiger partial charge in [-0.05, 0) is 67.0 Å². The molecule has 0 saturated heterocycles. The van der Waals surface area contributed by atoms with Crippen molar-refractivity contribution in [2.45, 2.75) is 34.1 Å². The van der Waals surface area contributed by atoms with Crippen molar-refractivity contribution in [1.82, 2.24) is 0 Å². The van der Waals surface area contributed by atoms with E-state index in [-0.39, 0.29) is 22.6 Å². The van der Waals surface area contributed by atoms with E-state index >= 15 is 0 Å². The van der Waals surface area contributed by atoms with Gasteiger partial charge in [0.2, 0.25) is 5.78 Å². The van der Waals surface area contributed by atoms with Crippen LogP contribution in [-0.2, 0) is 0 Å². The van der Waals surface area contributed by atoms with Crippen LogP contribution >= 0.6 is 0 Å². The Morgan fingerprint density at radius 2 is 1.44 bits per heavy atom. The molecule has 0 fully saturated rings. The minimum absolute atomic E-state index is 0.00719. The van der Waals surface area contributed by atoms with Crippen LogP contribution in [0, 0.1) is 19.8 Å². The van der Waals surface area contributed by atoms with Gasteiger partial charge in [0.15, 0.2) is 23.0 Å². The van der Waals surface area contributed by atoms with Gasteiger partial charge >= 0.3 is 0 Å². The van der Waals surface area contributed by atoms with Crippen LogP contribution in [0.3, 0.4) is 0 Å². The van der Waals surface area contributed by atoms with Crippen molar-refractivity contribution in [1.29, 1.82) is 0 Å². The van der Waals surface area contributed by atoms with Gasteiger partial charge in [0.05, 0.1) is 5.57 Å². The number of ketones is 1. The second-order valence-corrected chi connectivity index (χ2v) is 12.6. The van der Waals surface area contributed by atoms with Gasteiger partial charge in [-0.25, -0.2) is 0 Å². The van der Waals surface area contributed by atoms with E-state index in [1.54, 1.807) is 31.2 Å². The molecule has 0 aliphatic heterocycles. The molecular formula is C41H36O9. The lowest BCUT2D eigenvalue weighted by Gasteiger charge is -2.21. The standard InChI is InChI=1S/C41H36O9/c1-19-16-17-20(2)29(18-19)24-11-8-12-25(21(24)3)32(41(48)49)38(46)36(44)23(5)35(43)33-34(42)22(4)31(37(45)39(33)47)28-14-9-13-27-26-10-6-7-15-30(26)50-40(27)28/h6-15,17-19,42,44-49H,5,16H2,1-4H3/b38-36-. The van der Waals surface area contributed by atoms with Crippen molar-refractivity contribution < 1.29 is 45.0 Å². The summed E-state index contributed by atoms with van der Waals surface area (Å²) in [5.74, 6) is -7.01. The largest absolute Gasteiger partial charge is 0.507 e. The lowest BCUT2D eigenvalue weighted by molar-refractivity contribution is 0.102. The SMILES string of the molecule is C=C(C(=O)c1c(O)c(C)c(-c2cccc3c2oc2ccccc23)c(O)c1O)/C(O)=C(/O)C(=C(O)O)c1cccc(C2=CC(C)CC=C2C)c1C. The summed E-state index contributed by atoms with van der Waals surface area (Å²) in [5, 5.41) is 78.2. The first-order chi connectivity index (χ1) is 23.7. The molecule has 4 aromatic carbocycles. The molecule has 5 aromatic rings. The van der Waals surface area contributed by atoms with Crippen LogP contribution < -0.4 is 0 Å². The zero-order valence-electron chi connectivity index (χ0n) is 27.9. The number of hydrogen-bond donors (Lipinski definition) is 7. The molecule has 1 atom stereocenters. The van der Waals surface area contributed by atoms with Crippen molar-refractivity contribution in [2.24, 2.45) is 5.92 Å². The number of aliphatic hydroxyl groups is 4. The third-order valence-electron chi connectivity index (χ3n) is 9.38.